The number of hydrogen-bond acceptors (Lipinski definition) is 5. The van der Waals surface area contributed by atoms with Crippen LogP contribution in [0.4, 0.5) is 18.9 Å². The number of halogens is 3. The number of aliphatic imine (C=N–C) groups is 1. The van der Waals surface area contributed by atoms with Gasteiger partial charge in [-0.15, -0.1) is 0 Å². The number of nitrogens with zero attached hydrogens (tertiary/aromatic N) is 1. The van der Waals surface area contributed by atoms with E-state index in [9.17, 15) is 18.0 Å². The van der Waals surface area contributed by atoms with Crippen LogP contribution in [0.1, 0.15) is 12.5 Å². The molecule has 3 rings (SSSR count). The average molecular weight is 438 g/mol. The summed E-state index contributed by atoms with van der Waals surface area (Å²) in [5.74, 6) is 0.151. The highest BCUT2D eigenvalue weighted by molar-refractivity contribution is 5.94. The van der Waals surface area contributed by atoms with Gasteiger partial charge in [-0.2, -0.15) is 8.78 Å². The Labute approximate surface area is 176 Å². The van der Waals surface area contributed by atoms with Crippen molar-refractivity contribution < 1.29 is 32.2 Å². The maximum Gasteiger partial charge on any atom is 0.387 e. The van der Waals surface area contributed by atoms with Crippen LogP contribution < -0.4 is 30.2 Å². The van der Waals surface area contributed by atoms with E-state index in [0.29, 0.717) is 29.3 Å². The third-order valence-electron chi connectivity index (χ3n) is 4.07. The molecule has 3 N–H and O–H groups in total. The fraction of sp³-hybridized carbons (Fsp3) is 0.300. The lowest BCUT2D eigenvalue weighted by Gasteiger charge is -2.13. The van der Waals surface area contributed by atoms with Crippen molar-refractivity contribution in [3.8, 4) is 17.2 Å². The first-order valence-corrected chi connectivity index (χ1v) is 9.39. The van der Waals surface area contributed by atoms with Crippen molar-refractivity contribution in [3.05, 3.63) is 47.8 Å². The fourth-order valence-corrected chi connectivity index (χ4v) is 2.70. The summed E-state index contributed by atoms with van der Waals surface area (Å²) in [7, 11) is 0. The Bertz CT molecular complexity index is 939. The van der Waals surface area contributed by atoms with E-state index in [-0.39, 0.29) is 37.5 Å². The van der Waals surface area contributed by atoms with Gasteiger partial charge in [0.05, 0.1) is 13.1 Å². The quantitative estimate of drug-likeness (QED) is 0.434. The maximum absolute atomic E-state index is 12.9. The van der Waals surface area contributed by atoms with E-state index in [1.165, 1.54) is 36.4 Å². The van der Waals surface area contributed by atoms with Crippen molar-refractivity contribution in [2.24, 2.45) is 4.99 Å². The van der Waals surface area contributed by atoms with Crippen LogP contribution in [-0.2, 0) is 11.3 Å². The SMILES string of the molecule is CCNC(=NCc1cc2c(cc1OC(F)F)OCO2)NCC(=O)Nc1ccc(F)cc1. The van der Waals surface area contributed by atoms with Crippen molar-refractivity contribution in [1.82, 2.24) is 10.6 Å². The standard InChI is InChI=1S/C20H21F3N4O4/c1-2-24-20(26-10-18(28)27-14-5-3-13(21)4-6-14)25-9-12-7-16-17(30-11-29-16)8-15(12)31-19(22)23/h3-8,19H,2,9-11H2,1H3,(H,27,28)(H2,24,25,26). The number of benzene rings is 2. The van der Waals surface area contributed by atoms with Gasteiger partial charge in [0, 0.05) is 23.9 Å². The fourth-order valence-electron chi connectivity index (χ4n) is 2.70. The summed E-state index contributed by atoms with van der Waals surface area (Å²) in [6.07, 6.45) is 0. The number of fused-ring (bicyclic) bond motifs is 1. The maximum atomic E-state index is 12.9. The zero-order valence-electron chi connectivity index (χ0n) is 16.6. The highest BCUT2D eigenvalue weighted by atomic mass is 19.3. The van der Waals surface area contributed by atoms with Crippen molar-refractivity contribution in [1.29, 1.82) is 0 Å². The molecule has 1 amide bonds. The smallest absolute Gasteiger partial charge is 0.387 e. The van der Waals surface area contributed by atoms with Crippen LogP contribution in [0.2, 0.25) is 0 Å². The molecule has 0 saturated heterocycles. The molecule has 8 nitrogen and oxygen atoms in total. The molecule has 0 fully saturated rings. The first-order chi connectivity index (χ1) is 14.9. The number of hydrogen-bond donors (Lipinski definition) is 3. The molecule has 1 aliphatic rings. The Balaban J connectivity index is 1.65. The number of nitrogens with one attached hydrogen (secondary N) is 3. The van der Waals surface area contributed by atoms with Gasteiger partial charge in [0.25, 0.3) is 0 Å². The Kier molecular flexibility index (Phi) is 7.41. The summed E-state index contributed by atoms with van der Waals surface area (Å²) in [4.78, 5) is 16.4. The molecule has 1 aliphatic heterocycles. The van der Waals surface area contributed by atoms with E-state index < -0.39 is 12.4 Å². The monoisotopic (exact) mass is 438 g/mol. The van der Waals surface area contributed by atoms with E-state index in [1.54, 1.807) is 0 Å². The molecule has 0 unspecified atom stereocenters. The number of carbonyl (C=O) groups is 1. The molecule has 2 aromatic rings. The number of anilines is 1. The molecule has 0 saturated carbocycles. The predicted molar refractivity (Wildman–Crippen MR) is 107 cm³/mol. The number of guanidine groups is 1. The zero-order chi connectivity index (χ0) is 22.2. The minimum atomic E-state index is -3.01. The third kappa shape index (κ3) is 6.43. The number of amides is 1. The summed E-state index contributed by atoms with van der Waals surface area (Å²) in [6, 6.07) is 8.20. The van der Waals surface area contributed by atoms with Crippen molar-refractivity contribution in [3.63, 3.8) is 0 Å². The topological polar surface area (TPSA) is 93.2 Å². The summed E-state index contributed by atoms with van der Waals surface area (Å²) < 4.78 is 53.5. The number of ether oxygens (including phenoxy) is 3. The average Bonchev–Trinajstić information content (AvgIpc) is 3.18. The molecule has 2 aromatic carbocycles. The van der Waals surface area contributed by atoms with Crippen molar-refractivity contribution in [2.45, 2.75) is 20.1 Å². The number of alkyl halides is 2. The van der Waals surface area contributed by atoms with Gasteiger partial charge < -0.3 is 30.2 Å². The van der Waals surface area contributed by atoms with Crippen LogP contribution in [-0.4, -0.2) is 38.4 Å². The molecular formula is C20H21F3N4O4. The minimum absolute atomic E-state index is 0.0104. The van der Waals surface area contributed by atoms with Gasteiger partial charge in [0.1, 0.15) is 11.6 Å². The molecule has 166 valence electrons. The molecule has 0 aliphatic carbocycles. The molecule has 31 heavy (non-hydrogen) atoms. The van der Waals surface area contributed by atoms with Gasteiger partial charge in [-0.1, -0.05) is 0 Å². The lowest BCUT2D eigenvalue weighted by atomic mass is 10.1. The lowest BCUT2D eigenvalue weighted by Crippen LogP contribution is -2.41. The summed E-state index contributed by atoms with van der Waals surface area (Å²) in [5.41, 5.74) is 0.807. The van der Waals surface area contributed by atoms with Gasteiger partial charge in [-0.3, -0.25) is 4.79 Å². The van der Waals surface area contributed by atoms with Crippen LogP contribution in [0.3, 0.4) is 0 Å². The molecule has 0 bridgehead atoms. The second-order valence-corrected chi connectivity index (χ2v) is 6.30. The second-order valence-electron chi connectivity index (χ2n) is 6.30. The van der Waals surface area contributed by atoms with E-state index >= 15 is 0 Å². The van der Waals surface area contributed by atoms with E-state index in [0.717, 1.165) is 0 Å². The number of rotatable bonds is 8. The highest BCUT2D eigenvalue weighted by Gasteiger charge is 2.20. The molecule has 0 spiro atoms. The first-order valence-electron chi connectivity index (χ1n) is 9.39. The van der Waals surface area contributed by atoms with Crippen molar-refractivity contribution >= 4 is 17.6 Å². The normalized spacial score (nSPS) is 12.6. The molecule has 11 heteroatoms. The molecule has 0 atom stereocenters. The Morgan fingerprint density at radius 1 is 1.16 bits per heavy atom. The molecular weight excluding hydrogens is 417 g/mol. The predicted octanol–water partition coefficient (Wildman–Crippen LogP) is 2.85. The van der Waals surface area contributed by atoms with Gasteiger partial charge >= 0.3 is 6.61 Å². The summed E-state index contributed by atoms with van der Waals surface area (Å²) >= 11 is 0. The van der Waals surface area contributed by atoms with Crippen LogP contribution in [0.15, 0.2) is 41.4 Å². The molecule has 0 radical (unpaired) electrons. The van der Waals surface area contributed by atoms with E-state index in [1.807, 2.05) is 6.92 Å². The van der Waals surface area contributed by atoms with E-state index in [4.69, 9.17) is 9.47 Å². The number of carbonyl (C=O) groups excluding carboxylic acids is 1. The van der Waals surface area contributed by atoms with Crippen LogP contribution in [0, 0.1) is 5.82 Å². The van der Waals surface area contributed by atoms with Gasteiger partial charge in [-0.05, 0) is 37.3 Å². The van der Waals surface area contributed by atoms with Crippen LogP contribution in [0.5, 0.6) is 17.2 Å². The van der Waals surface area contributed by atoms with Crippen LogP contribution >= 0.6 is 0 Å². The van der Waals surface area contributed by atoms with Crippen molar-refractivity contribution in [2.75, 3.05) is 25.2 Å². The molecule has 1 heterocycles. The Morgan fingerprint density at radius 2 is 1.87 bits per heavy atom. The zero-order valence-corrected chi connectivity index (χ0v) is 16.6. The summed E-state index contributed by atoms with van der Waals surface area (Å²) in [6.45, 7) is -0.819. The largest absolute Gasteiger partial charge is 0.454 e. The summed E-state index contributed by atoms with van der Waals surface area (Å²) in [5, 5.41) is 8.41. The minimum Gasteiger partial charge on any atom is -0.454 e. The van der Waals surface area contributed by atoms with Crippen LogP contribution in [0.25, 0.3) is 0 Å². The first kappa shape index (κ1) is 22.1. The van der Waals surface area contributed by atoms with E-state index in [2.05, 4.69) is 25.7 Å². The van der Waals surface area contributed by atoms with Gasteiger partial charge in [0.2, 0.25) is 12.7 Å². The van der Waals surface area contributed by atoms with Gasteiger partial charge in [-0.25, -0.2) is 9.38 Å². The second kappa shape index (κ2) is 10.4. The Hall–Kier alpha value is -3.63. The highest BCUT2D eigenvalue weighted by Crippen LogP contribution is 2.39. The van der Waals surface area contributed by atoms with Gasteiger partial charge in [0.15, 0.2) is 17.5 Å². The lowest BCUT2D eigenvalue weighted by molar-refractivity contribution is -0.115. The molecule has 0 aromatic heterocycles. The third-order valence-corrected chi connectivity index (χ3v) is 4.07. The Morgan fingerprint density at radius 3 is 2.55 bits per heavy atom.